The predicted molar refractivity (Wildman–Crippen MR) is 79.1 cm³/mol. The van der Waals surface area contributed by atoms with Crippen LogP contribution < -0.4 is 0 Å². The molecule has 0 aromatic heterocycles. The Morgan fingerprint density at radius 1 is 0.765 bits per heavy atom. The molecule has 0 rings (SSSR count). The minimum Gasteiger partial charge on any atom is -0.0985 e. The van der Waals surface area contributed by atoms with E-state index < -0.39 is 0 Å². The van der Waals surface area contributed by atoms with Gasteiger partial charge in [-0.25, -0.2) is 0 Å². The highest BCUT2D eigenvalue weighted by molar-refractivity contribution is 5.14. The van der Waals surface area contributed by atoms with Crippen molar-refractivity contribution >= 4 is 0 Å². The molecule has 0 saturated heterocycles. The third-order valence-corrected chi connectivity index (χ3v) is 2.93. The monoisotopic (exact) mass is 234 g/mol. The molecule has 0 aromatic rings. The predicted octanol–water partition coefficient (Wildman–Crippen LogP) is 5.88. The fourth-order valence-electron chi connectivity index (χ4n) is 1.78. The molecule has 0 atom stereocenters. The van der Waals surface area contributed by atoms with Gasteiger partial charge >= 0.3 is 0 Å². The molecule has 0 heteroatoms. The zero-order valence-corrected chi connectivity index (χ0v) is 11.9. The van der Waals surface area contributed by atoms with Crippen LogP contribution >= 0.6 is 0 Å². The van der Waals surface area contributed by atoms with Crippen LogP contribution in [-0.2, 0) is 0 Å². The van der Waals surface area contributed by atoms with Crippen molar-refractivity contribution in [1.29, 1.82) is 0 Å². The molecule has 0 N–H and O–H groups in total. The first kappa shape index (κ1) is 16.3. The minimum atomic E-state index is 1.06. The van der Waals surface area contributed by atoms with E-state index in [1.54, 1.807) is 0 Å². The van der Waals surface area contributed by atoms with E-state index >= 15 is 0 Å². The first-order valence-electron chi connectivity index (χ1n) is 7.55. The molecule has 0 aliphatic rings. The summed E-state index contributed by atoms with van der Waals surface area (Å²) in [5.41, 5.74) is 0. The van der Waals surface area contributed by atoms with Gasteiger partial charge in [-0.15, -0.1) is 0 Å². The number of hydrogen-bond acceptors (Lipinski definition) is 0. The van der Waals surface area contributed by atoms with Crippen molar-refractivity contribution in [2.45, 2.75) is 84.5 Å². The lowest BCUT2D eigenvalue weighted by atomic mass is 10.1. The maximum atomic E-state index is 3.20. The molecule has 0 aromatic carbocycles. The molecular weight excluding hydrogens is 204 g/mol. The average molecular weight is 234 g/mol. The van der Waals surface area contributed by atoms with E-state index in [-0.39, 0.29) is 0 Å². The molecule has 0 spiro atoms. The first-order valence-corrected chi connectivity index (χ1v) is 7.55. The molecule has 0 radical (unpaired) electrons. The van der Waals surface area contributed by atoms with E-state index in [0.29, 0.717) is 0 Å². The van der Waals surface area contributed by atoms with Crippen molar-refractivity contribution in [2.75, 3.05) is 0 Å². The second-order valence-electron chi connectivity index (χ2n) is 4.74. The van der Waals surface area contributed by atoms with Crippen LogP contribution in [0.1, 0.15) is 84.5 Å². The Morgan fingerprint density at radius 3 is 2.18 bits per heavy atom. The number of allylic oxidation sites excluding steroid dienone is 2. The van der Waals surface area contributed by atoms with Gasteiger partial charge in [0.25, 0.3) is 0 Å². The van der Waals surface area contributed by atoms with Gasteiger partial charge in [-0.3, -0.25) is 0 Å². The molecule has 0 amide bonds. The third-order valence-electron chi connectivity index (χ3n) is 2.93. The minimum absolute atomic E-state index is 1.06. The SMILES string of the molecule is CCCCCC#C/C=C/CCCCCCCC. The lowest BCUT2D eigenvalue weighted by Crippen LogP contribution is -1.77. The van der Waals surface area contributed by atoms with E-state index in [0.717, 1.165) is 6.42 Å². The standard InChI is InChI=1S/C17H30/c1-3-5-7-9-11-13-15-17-16-14-12-10-8-6-4-2/h16-17H,3-11,13,15H2,1-2H3/b17-16+. The van der Waals surface area contributed by atoms with Crippen molar-refractivity contribution in [3.05, 3.63) is 12.2 Å². The summed E-state index contributed by atoms with van der Waals surface area (Å²) in [5.74, 6) is 6.33. The smallest absolute Gasteiger partial charge is 0.00922 e. The van der Waals surface area contributed by atoms with E-state index in [2.05, 4.69) is 31.8 Å². The normalized spacial score (nSPS) is 10.5. The number of unbranched alkanes of at least 4 members (excludes halogenated alkanes) is 9. The van der Waals surface area contributed by atoms with Crippen LogP contribution in [0.5, 0.6) is 0 Å². The van der Waals surface area contributed by atoms with Gasteiger partial charge in [0.15, 0.2) is 0 Å². The van der Waals surface area contributed by atoms with Gasteiger partial charge in [0, 0.05) is 6.42 Å². The van der Waals surface area contributed by atoms with Crippen LogP contribution in [0, 0.1) is 11.8 Å². The molecule has 17 heavy (non-hydrogen) atoms. The molecule has 0 nitrogen and oxygen atoms in total. The van der Waals surface area contributed by atoms with Gasteiger partial charge in [-0.2, -0.15) is 0 Å². The molecular formula is C17H30. The summed E-state index contributed by atoms with van der Waals surface area (Å²) < 4.78 is 0. The highest BCUT2D eigenvalue weighted by Gasteiger charge is 1.87. The van der Waals surface area contributed by atoms with Gasteiger partial charge in [0.1, 0.15) is 0 Å². The van der Waals surface area contributed by atoms with Crippen molar-refractivity contribution in [3.8, 4) is 11.8 Å². The summed E-state index contributed by atoms with van der Waals surface area (Å²) in [6.45, 7) is 4.50. The zero-order chi connectivity index (χ0) is 12.6. The number of rotatable bonds is 10. The number of hydrogen-bond donors (Lipinski definition) is 0. The second-order valence-corrected chi connectivity index (χ2v) is 4.74. The Bertz CT molecular complexity index is 214. The van der Waals surface area contributed by atoms with Crippen molar-refractivity contribution in [2.24, 2.45) is 0 Å². The summed E-state index contributed by atoms with van der Waals surface area (Å²) in [6.07, 6.45) is 18.7. The summed E-state index contributed by atoms with van der Waals surface area (Å²) in [7, 11) is 0. The maximum absolute atomic E-state index is 3.20. The maximum Gasteiger partial charge on any atom is 0.00922 e. The molecule has 98 valence electrons. The molecule has 0 bridgehead atoms. The van der Waals surface area contributed by atoms with Gasteiger partial charge in [-0.05, 0) is 25.3 Å². The third kappa shape index (κ3) is 15.3. The Balaban J connectivity index is 3.18. The van der Waals surface area contributed by atoms with E-state index in [4.69, 9.17) is 0 Å². The summed E-state index contributed by atoms with van der Waals surface area (Å²) in [4.78, 5) is 0. The quantitative estimate of drug-likeness (QED) is 0.327. The second kappa shape index (κ2) is 15.3. The largest absolute Gasteiger partial charge is 0.0985 e. The van der Waals surface area contributed by atoms with Crippen LogP contribution in [0.2, 0.25) is 0 Å². The fraction of sp³-hybridized carbons (Fsp3) is 0.765. The van der Waals surface area contributed by atoms with Crippen LogP contribution in [0.4, 0.5) is 0 Å². The van der Waals surface area contributed by atoms with Crippen molar-refractivity contribution in [1.82, 2.24) is 0 Å². The zero-order valence-electron chi connectivity index (χ0n) is 11.9. The van der Waals surface area contributed by atoms with Crippen LogP contribution in [-0.4, -0.2) is 0 Å². The molecule has 0 saturated carbocycles. The van der Waals surface area contributed by atoms with Gasteiger partial charge < -0.3 is 0 Å². The average Bonchev–Trinajstić information content (AvgIpc) is 2.35. The lowest BCUT2D eigenvalue weighted by Gasteiger charge is -1.96. The van der Waals surface area contributed by atoms with Gasteiger partial charge in [0.05, 0.1) is 0 Å². The molecule has 0 heterocycles. The molecule has 0 fully saturated rings. The lowest BCUT2D eigenvalue weighted by molar-refractivity contribution is 0.611. The Kier molecular flexibility index (Phi) is 14.7. The van der Waals surface area contributed by atoms with Gasteiger partial charge in [0.2, 0.25) is 0 Å². The van der Waals surface area contributed by atoms with Crippen LogP contribution in [0.15, 0.2) is 12.2 Å². The summed E-state index contributed by atoms with van der Waals surface area (Å²) in [5, 5.41) is 0. The summed E-state index contributed by atoms with van der Waals surface area (Å²) >= 11 is 0. The Morgan fingerprint density at radius 2 is 1.41 bits per heavy atom. The van der Waals surface area contributed by atoms with Gasteiger partial charge in [-0.1, -0.05) is 76.7 Å². The first-order chi connectivity index (χ1) is 8.41. The molecule has 0 aliphatic heterocycles. The fourth-order valence-corrected chi connectivity index (χ4v) is 1.78. The van der Waals surface area contributed by atoms with Crippen LogP contribution in [0.3, 0.4) is 0 Å². The van der Waals surface area contributed by atoms with E-state index in [1.807, 2.05) is 6.08 Å². The van der Waals surface area contributed by atoms with Crippen molar-refractivity contribution in [3.63, 3.8) is 0 Å². The Labute approximate surface area is 109 Å². The highest BCUT2D eigenvalue weighted by atomic mass is 13.9. The molecule has 0 aliphatic carbocycles. The van der Waals surface area contributed by atoms with Crippen LogP contribution in [0.25, 0.3) is 0 Å². The van der Waals surface area contributed by atoms with E-state index in [9.17, 15) is 0 Å². The van der Waals surface area contributed by atoms with E-state index in [1.165, 1.54) is 64.2 Å². The molecule has 0 unspecified atom stereocenters. The Hall–Kier alpha value is -0.700. The highest BCUT2D eigenvalue weighted by Crippen LogP contribution is 2.06. The summed E-state index contributed by atoms with van der Waals surface area (Å²) in [6, 6.07) is 0. The topological polar surface area (TPSA) is 0 Å². The van der Waals surface area contributed by atoms with Crippen molar-refractivity contribution < 1.29 is 0 Å².